The normalized spacial score (nSPS) is 21.2. The van der Waals surface area contributed by atoms with Crippen LogP contribution < -0.4 is 27.0 Å². The van der Waals surface area contributed by atoms with Crippen molar-refractivity contribution in [2.75, 3.05) is 46.1 Å². The van der Waals surface area contributed by atoms with Gasteiger partial charge in [0.2, 0.25) is 17.7 Å². The van der Waals surface area contributed by atoms with Gasteiger partial charge in [0.25, 0.3) is 0 Å². The summed E-state index contributed by atoms with van der Waals surface area (Å²) in [7, 11) is 0. The van der Waals surface area contributed by atoms with Crippen molar-refractivity contribution in [3.8, 4) is 0 Å². The van der Waals surface area contributed by atoms with E-state index in [0.717, 1.165) is 30.5 Å². The van der Waals surface area contributed by atoms with Crippen LogP contribution in [-0.4, -0.2) is 91.8 Å². The number of nitrogens with zero attached hydrogens (tertiary/aromatic N) is 2. The van der Waals surface area contributed by atoms with Crippen LogP contribution in [0.4, 0.5) is 14.9 Å². The zero-order chi connectivity index (χ0) is 37.6. The third-order valence-electron chi connectivity index (χ3n) is 9.10. The van der Waals surface area contributed by atoms with E-state index >= 15 is 0 Å². The Morgan fingerprint density at radius 2 is 1.72 bits per heavy atom. The predicted molar refractivity (Wildman–Crippen MR) is 202 cm³/mol. The maximum Gasteiger partial charge on any atom is 0.319 e. The lowest BCUT2D eigenvalue weighted by Crippen LogP contribution is -2.46. The van der Waals surface area contributed by atoms with Gasteiger partial charge < -0.3 is 36.5 Å². The monoisotopic (exact) mass is 749 g/mol. The number of carbonyl (C=O) groups excluding carboxylic acids is 4. The largest absolute Gasteiger partial charge is 0.400 e. The third kappa shape index (κ3) is 11.4. The highest BCUT2D eigenvalue weighted by atomic mass is 32.2. The fraction of sp³-hybridized carbons (Fsp3) is 0.447. The van der Waals surface area contributed by atoms with E-state index in [4.69, 9.17) is 20.2 Å². The van der Waals surface area contributed by atoms with E-state index in [2.05, 4.69) is 21.3 Å². The molecule has 2 aromatic carbocycles. The lowest BCUT2D eigenvalue weighted by molar-refractivity contribution is -0.128. The van der Waals surface area contributed by atoms with Crippen LogP contribution in [0.3, 0.4) is 0 Å². The molecule has 0 aromatic heterocycles. The van der Waals surface area contributed by atoms with Crippen LogP contribution in [0.5, 0.6) is 0 Å². The zero-order valence-electron chi connectivity index (χ0n) is 29.9. The summed E-state index contributed by atoms with van der Waals surface area (Å²) in [6, 6.07) is 15.1. The van der Waals surface area contributed by atoms with Gasteiger partial charge in [0.1, 0.15) is 11.7 Å². The summed E-state index contributed by atoms with van der Waals surface area (Å²) in [4.78, 5) is 56.0. The minimum atomic E-state index is -0.475. The van der Waals surface area contributed by atoms with Gasteiger partial charge in [-0.25, -0.2) is 14.2 Å². The van der Waals surface area contributed by atoms with Gasteiger partial charge in [-0.1, -0.05) is 36.8 Å². The number of urea groups is 1. The second-order valence-electron chi connectivity index (χ2n) is 12.8. The molecule has 2 fully saturated rings. The number of nitrogens with one attached hydrogen (secondary N) is 4. The number of amidine groups is 1. The first-order chi connectivity index (χ1) is 25.7. The number of halogens is 1. The van der Waals surface area contributed by atoms with Crippen molar-refractivity contribution in [3.63, 3.8) is 0 Å². The molecule has 3 heterocycles. The number of likely N-dealkylation sites (tertiary alicyclic amines) is 1. The summed E-state index contributed by atoms with van der Waals surface area (Å²) in [5.74, 6) is -0.864. The number of piperidine rings is 1. The summed E-state index contributed by atoms with van der Waals surface area (Å²) in [6.07, 6.45) is 3.27. The van der Waals surface area contributed by atoms with Gasteiger partial charge in [-0.2, -0.15) is 0 Å². The summed E-state index contributed by atoms with van der Waals surface area (Å²) >= 11 is 1.72. The van der Waals surface area contributed by atoms with Crippen molar-refractivity contribution in [2.24, 2.45) is 10.7 Å². The molecule has 15 heteroatoms. The van der Waals surface area contributed by atoms with Gasteiger partial charge in [0, 0.05) is 60.5 Å². The number of para-hydroxylation sites is 1. The zero-order valence-corrected chi connectivity index (χ0v) is 30.7. The Labute approximate surface area is 313 Å². The van der Waals surface area contributed by atoms with Crippen molar-refractivity contribution < 1.29 is 33.0 Å². The SMILES string of the molecule is CCN1C(=O)C[C@@H](c2ccc(F)cc2)C(=C(N)CNC(=O)CCOCCOCCNC(=O)CCCC[C@@H]2SC=C3NC(=O)NC32)C1=Nc1ccccc1. The summed E-state index contributed by atoms with van der Waals surface area (Å²) in [5, 5.41) is 13.7. The minimum Gasteiger partial charge on any atom is -0.400 e. The average Bonchev–Trinajstić information content (AvgIpc) is 3.71. The van der Waals surface area contributed by atoms with Crippen LogP contribution in [-0.2, 0) is 23.9 Å². The maximum atomic E-state index is 13.8. The van der Waals surface area contributed by atoms with Crippen LogP contribution in [0.2, 0.25) is 0 Å². The molecule has 53 heavy (non-hydrogen) atoms. The molecule has 6 N–H and O–H groups in total. The number of unbranched alkanes of at least 4 members (excludes halogenated alkanes) is 1. The number of nitrogens with two attached hydrogens (primary N) is 1. The van der Waals surface area contributed by atoms with Crippen LogP contribution in [0.1, 0.15) is 56.9 Å². The minimum absolute atomic E-state index is 0.0220. The first kappa shape index (κ1) is 39.5. The predicted octanol–water partition coefficient (Wildman–Crippen LogP) is 3.96. The number of ether oxygens (including phenoxy) is 2. The van der Waals surface area contributed by atoms with E-state index in [0.29, 0.717) is 67.4 Å². The molecule has 3 aliphatic heterocycles. The Morgan fingerprint density at radius 1 is 0.981 bits per heavy atom. The maximum absolute atomic E-state index is 13.8. The van der Waals surface area contributed by atoms with E-state index < -0.39 is 5.92 Å². The number of benzene rings is 2. The topological polar surface area (TPSA) is 176 Å². The molecule has 0 spiro atoms. The van der Waals surface area contributed by atoms with Crippen molar-refractivity contribution in [1.82, 2.24) is 26.2 Å². The number of rotatable bonds is 19. The van der Waals surface area contributed by atoms with E-state index in [1.165, 1.54) is 12.1 Å². The molecule has 1 unspecified atom stereocenters. The molecule has 0 aliphatic carbocycles. The molecule has 5 amide bonds. The number of aliphatic imine (C=N–C) groups is 1. The first-order valence-corrected chi connectivity index (χ1v) is 19.0. The standard InChI is InChI=1S/C38H48FN7O6S/c1-2-46-34(49)22-28(25-12-14-26(39)15-13-25)35(37(46)43-27-8-4-3-5-9-27)29(40)23-42-33(48)16-18-51-20-21-52-19-17-41-32(47)11-7-6-10-31-36-30(24-53-31)44-38(50)45-36/h3-5,8-9,12-15,24,28,31,36H,2,6-7,10-11,16-23,40H2,1H3,(H,41,47)(H,42,48)(H2,44,45,50)/t28-,31-,36?/m0/s1. The van der Waals surface area contributed by atoms with Gasteiger partial charge in [-0.3, -0.25) is 19.3 Å². The van der Waals surface area contributed by atoms with Crippen LogP contribution in [0.15, 0.2) is 82.0 Å². The second kappa shape index (κ2) is 19.9. The Hall–Kier alpha value is -4.73. The number of amides is 5. The van der Waals surface area contributed by atoms with E-state index in [1.54, 1.807) is 28.8 Å². The van der Waals surface area contributed by atoms with Gasteiger partial charge >= 0.3 is 6.03 Å². The lowest BCUT2D eigenvalue weighted by atomic mass is 9.82. The molecule has 3 atom stereocenters. The molecule has 2 saturated heterocycles. The van der Waals surface area contributed by atoms with Crippen LogP contribution >= 0.6 is 11.8 Å². The number of hydrogen-bond acceptors (Lipinski definition) is 9. The molecule has 0 bridgehead atoms. The van der Waals surface area contributed by atoms with Crippen LogP contribution in [0.25, 0.3) is 0 Å². The fourth-order valence-electron chi connectivity index (χ4n) is 6.40. The van der Waals surface area contributed by atoms with E-state index in [9.17, 15) is 23.6 Å². The number of likely N-dealkylation sites (N-methyl/N-ethyl adjacent to an activating group) is 1. The molecule has 0 saturated carbocycles. The Bertz CT molecular complexity index is 1690. The van der Waals surface area contributed by atoms with E-state index in [1.807, 2.05) is 42.7 Å². The molecule has 3 aliphatic rings. The third-order valence-corrected chi connectivity index (χ3v) is 10.4. The van der Waals surface area contributed by atoms with Crippen molar-refractivity contribution in [2.45, 2.75) is 62.7 Å². The first-order valence-electron chi connectivity index (χ1n) is 18.0. The van der Waals surface area contributed by atoms with Crippen LogP contribution in [0, 0.1) is 5.82 Å². The summed E-state index contributed by atoms with van der Waals surface area (Å²) in [6.45, 7) is 3.80. The number of carbonyl (C=O) groups is 4. The highest BCUT2D eigenvalue weighted by Gasteiger charge is 2.38. The molecule has 13 nitrogen and oxygen atoms in total. The highest BCUT2D eigenvalue weighted by molar-refractivity contribution is 8.03. The van der Waals surface area contributed by atoms with E-state index in [-0.39, 0.29) is 61.6 Å². The molecule has 5 rings (SSSR count). The smallest absolute Gasteiger partial charge is 0.319 e. The quantitative estimate of drug-likeness (QED) is 0.134. The number of thioether (sulfide) groups is 1. The van der Waals surface area contributed by atoms with Gasteiger partial charge in [0.05, 0.1) is 44.7 Å². The Kier molecular flexibility index (Phi) is 14.8. The van der Waals surface area contributed by atoms with Crippen molar-refractivity contribution in [3.05, 3.63) is 88.4 Å². The molecule has 0 radical (unpaired) electrons. The van der Waals surface area contributed by atoms with Gasteiger partial charge in [0.15, 0.2) is 0 Å². The van der Waals surface area contributed by atoms with Crippen molar-refractivity contribution >= 4 is 47.0 Å². The molecular formula is C38H48FN7O6S. The highest BCUT2D eigenvalue weighted by Crippen LogP contribution is 2.37. The number of hydrogen-bond donors (Lipinski definition) is 5. The van der Waals surface area contributed by atoms with Gasteiger partial charge in [-0.15, -0.1) is 11.8 Å². The summed E-state index contributed by atoms with van der Waals surface area (Å²) < 4.78 is 24.9. The lowest BCUT2D eigenvalue weighted by Gasteiger charge is -2.36. The van der Waals surface area contributed by atoms with Crippen molar-refractivity contribution in [1.29, 1.82) is 0 Å². The number of fused-ring (bicyclic) bond motifs is 1. The average molecular weight is 750 g/mol. The molecular weight excluding hydrogens is 702 g/mol. The second-order valence-corrected chi connectivity index (χ2v) is 13.9. The fourth-order valence-corrected chi connectivity index (χ4v) is 7.61. The summed E-state index contributed by atoms with van der Waals surface area (Å²) in [5.41, 5.74) is 9.94. The molecule has 2 aromatic rings. The van der Waals surface area contributed by atoms with Gasteiger partial charge in [-0.05, 0) is 55.0 Å². The Balaban J connectivity index is 0.995. The molecule has 284 valence electrons. The Morgan fingerprint density at radius 3 is 2.47 bits per heavy atom.